The van der Waals surface area contributed by atoms with Gasteiger partial charge in [-0.05, 0) is 24.0 Å². The molecule has 0 unspecified atom stereocenters. The highest BCUT2D eigenvalue weighted by Gasteiger charge is 2.48. The van der Waals surface area contributed by atoms with E-state index in [1.54, 1.807) is 0 Å². The largest absolute Gasteiger partial charge is 0.281 e. The van der Waals surface area contributed by atoms with E-state index in [1.807, 2.05) is 0 Å². The summed E-state index contributed by atoms with van der Waals surface area (Å²) in [6.07, 6.45) is 2.45. The molecule has 2 heterocycles. The van der Waals surface area contributed by atoms with Gasteiger partial charge < -0.3 is 0 Å². The van der Waals surface area contributed by atoms with Crippen LogP contribution in [0.2, 0.25) is 0 Å². The van der Waals surface area contributed by atoms with Crippen LogP contribution in [0.5, 0.6) is 0 Å². The summed E-state index contributed by atoms with van der Waals surface area (Å²) in [5.74, 6) is 2.19. The first kappa shape index (κ1) is 8.84. The van der Waals surface area contributed by atoms with Crippen LogP contribution in [0.3, 0.4) is 0 Å². The number of nitrogens with zero attached hydrogens (tertiary/aromatic N) is 4. The Morgan fingerprint density at radius 3 is 3.00 bits per heavy atom. The van der Waals surface area contributed by atoms with E-state index in [-0.39, 0.29) is 12.4 Å². The van der Waals surface area contributed by atoms with Gasteiger partial charge in [-0.15, -0.1) is 22.6 Å². The molecule has 2 aliphatic rings. The molecule has 0 spiro atoms. The molecule has 2 aliphatic carbocycles. The second-order valence-corrected chi connectivity index (χ2v) is 4.01. The average Bonchev–Trinajstić information content (AvgIpc) is 2.63. The molecule has 6 nitrogen and oxygen atoms in total. The van der Waals surface area contributed by atoms with Gasteiger partial charge in [0.05, 0.1) is 0 Å². The zero-order chi connectivity index (χ0) is 9.12. The van der Waals surface area contributed by atoms with Gasteiger partial charge in [-0.2, -0.15) is 10.3 Å². The van der Waals surface area contributed by atoms with E-state index < -0.39 is 0 Å². The molecule has 2 aromatic rings. The van der Waals surface area contributed by atoms with Crippen molar-refractivity contribution in [3.63, 3.8) is 0 Å². The lowest BCUT2D eigenvalue weighted by atomic mass is 10.1. The highest BCUT2D eigenvalue weighted by Crippen LogP contribution is 2.56. The Morgan fingerprint density at radius 1 is 1.27 bits per heavy atom. The van der Waals surface area contributed by atoms with Crippen LogP contribution >= 0.6 is 12.4 Å². The standard InChI is InChI=1S/C8H8N6.ClH/c1-3-2-5-6(4(1)3)9-10-7(5)8-11-13-14-12-8;/h3-4H,1-2H2,(H,9,10)(H,11,12,13,14);1H/t3-,4-;/m1./s1. The van der Waals surface area contributed by atoms with Crippen molar-refractivity contribution in [1.82, 2.24) is 30.8 Å². The maximum absolute atomic E-state index is 4.25. The first-order chi connectivity index (χ1) is 6.93. The molecule has 2 aromatic heterocycles. The van der Waals surface area contributed by atoms with Crippen molar-refractivity contribution in [2.45, 2.75) is 18.8 Å². The number of hydrogen-bond acceptors (Lipinski definition) is 4. The van der Waals surface area contributed by atoms with Crippen molar-refractivity contribution in [3.8, 4) is 11.5 Å². The lowest BCUT2D eigenvalue weighted by Crippen LogP contribution is -1.89. The Labute approximate surface area is 91.3 Å². The van der Waals surface area contributed by atoms with Gasteiger partial charge in [0.25, 0.3) is 0 Å². The van der Waals surface area contributed by atoms with Crippen LogP contribution in [0.4, 0.5) is 0 Å². The van der Waals surface area contributed by atoms with Gasteiger partial charge >= 0.3 is 0 Å². The minimum Gasteiger partial charge on any atom is -0.281 e. The van der Waals surface area contributed by atoms with E-state index >= 15 is 0 Å². The Balaban J connectivity index is 0.000000722. The third-order valence-corrected chi connectivity index (χ3v) is 3.22. The average molecular weight is 225 g/mol. The summed E-state index contributed by atoms with van der Waals surface area (Å²) in [7, 11) is 0. The van der Waals surface area contributed by atoms with Crippen molar-refractivity contribution >= 4 is 12.4 Å². The number of nitrogens with one attached hydrogen (secondary N) is 2. The minimum absolute atomic E-state index is 0. The predicted octanol–water partition coefficient (Wildman–Crippen LogP) is 0.671. The van der Waals surface area contributed by atoms with Crippen LogP contribution in [-0.4, -0.2) is 30.8 Å². The summed E-state index contributed by atoms with van der Waals surface area (Å²) >= 11 is 0. The highest BCUT2D eigenvalue weighted by molar-refractivity contribution is 5.85. The van der Waals surface area contributed by atoms with E-state index in [2.05, 4.69) is 30.8 Å². The number of aromatic amines is 2. The highest BCUT2D eigenvalue weighted by atomic mass is 35.5. The number of aromatic nitrogens is 6. The quantitative estimate of drug-likeness (QED) is 0.746. The molecule has 0 saturated heterocycles. The number of tetrazole rings is 1. The molecule has 15 heavy (non-hydrogen) atoms. The van der Waals surface area contributed by atoms with Crippen LogP contribution < -0.4 is 0 Å². The number of hydrogen-bond donors (Lipinski definition) is 2. The van der Waals surface area contributed by atoms with Gasteiger partial charge in [0.2, 0.25) is 5.82 Å². The Bertz CT molecular complexity index is 489. The molecule has 2 atom stereocenters. The van der Waals surface area contributed by atoms with Gasteiger partial charge in [0, 0.05) is 17.2 Å². The summed E-state index contributed by atoms with van der Waals surface area (Å²) < 4.78 is 0. The lowest BCUT2D eigenvalue weighted by Gasteiger charge is -1.93. The third-order valence-electron chi connectivity index (χ3n) is 3.22. The first-order valence-corrected chi connectivity index (χ1v) is 4.74. The smallest absolute Gasteiger partial charge is 0.225 e. The SMILES string of the molecule is C1c2c(-c3nn[nH]n3)n[nH]c2[C@@H]2C[C@H]12.Cl. The molecule has 2 N–H and O–H groups in total. The maximum Gasteiger partial charge on any atom is 0.225 e. The number of fused-ring (bicyclic) bond motifs is 3. The fraction of sp³-hybridized carbons (Fsp3) is 0.500. The topological polar surface area (TPSA) is 83.1 Å². The summed E-state index contributed by atoms with van der Waals surface area (Å²) in [6.45, 7) is 0. The summed E-state index contributed by atoms with van der Waals surface area (Å²) in [5, 5.41) is 21.2. The van der Waals surface area contributed by atoms with Crippen molar-refractivity contribution in [2.75, 3.05) is 0 Å². The lowest BCUT2D eigenvalue weighted by molar-refractivity contribution is 0.841. The van der Waals surface area contributed by atoms with E-state index in [4.69, 9.17) is 0 Å². The van der Waals surface area contributed by atoms with Crippen LogP contribution in [0.25, 0.3) is 11.5 Å². The molecule has 4 rings (SSSR count). The second-order valence-electron chi connectivity index (χ2n) is 4.01. The van der Waals surface area contributed by atoms with Crippen molar-refractivity contribution in [1.29, 1.82) is 0 Å². The molecular weight excluding hydrogens is 216 g/mol. The van der Waals surface area contributed by atoms with Crippen LogP contribution in [0.1, 0.15) is 23.6 Å². The molecule has 0 radical (unpaired) electrons. The van der Waals surface area contributed by atoms with Crippen molar-refractivity contribution < 1.29 is 0 Å². The zero-order valence-electron chi connectivity index (χ0n) is 7.77. The van der Waals surface area contributed by atoms with Gasteiger partial charge in [0.1, 0.15) is 5.69 Å². The van der Waals surface area contributed by atoms with Crippen LogP contribution in [-0.2, 0) is 6.42 Å². The van der Waals surface area contributed by atoms with Gasteiger partial charge in [-0.25, -0.2) is 0 Å². The monoisotopic (exact) mass is 224 g/mol. The summed E-state index contributed by atoms with van der Waals surface area (Å²) in [6, 6.07) is 0. The maximum atomic E-state index is 4.25. The first-order valence-electron chi connectivity index (χ1n) is 4.74. The molecule has 7 heteroatoms. The molecule has 0 bridgehead atoms. The van der Waals surface area contributed by atoms with Crippen LogP contribution in [0, 0.1) is 5.92 Å². The molecular formula is C8H9ClN6. The third kappa shape index (κ3) is 1.05. The van der Waals surface area contributed by atoms with Gasteiger partial charge in [0.15, 0.2) is 0 Å². The number of rotatable bonds is 1. The van der Waals surface area contributed by atoms with E-state index in [9.17, 15) is 0 Å². The Hall–Kier alpha value is -1.43. The minimum atomic E-state index is 0. The van der Waals surface area contributed by atoms with Crippen LogP contribution in [0.15, 0.2) is 0 Å². The number of halogens is 1. The molecule has 0 aliphatic heterocycles. The molecule has 1 saturated carbocycles. The van der Waals surface area contributed by atoms with E-state index in [0.717, 1.165) is 24.0 Å². The molecule has 0 aromatic carbocycles. The number of H-pyrrole nitrogens is 2. The summed E-state index contributed by atoms with van der Waals surface area (Å²) in [4.78, 5) is 0. The summed E-state index contributed by atoms with van der Waals surface area (Å²) in [5.41, 5.74) is 3.48. The second kappa shape index (κ2) is 2.79. The Morgan fingerprint density at radius 2 is 2.20 bits per heavy atom. The van der Waals surface area contributed by atoms with Crippen molar-refractivity contribution in [3.05, 3.63) is 11.3 Å². The van der Waals surface area contributed by atoms with Gasteiger partial charge in [-0.1, -0.05) is 0 Å². The molecule has 1 fully saturated rings. The van der Waals surface area contributed by atoms with Gasteiger partial charge in [-0.3, -0.25) is 5.10 Å². The molecule has 0 amide bonds. The fourth-order valence-electron chi connectivity index (χ4n) is 2.43. The van der Waals surface area contributed by atoms with E-state index in [0.29, 0.717) is 5.82 Å². The Kier molecular flexibility index (Phi) is 1.64. The molecule has 78 valence electrons. The normalized spacial score (nSPS) is 25.6. The zero-order valence-corrected chi connectivity index (χ0v) is 8.58. The fourth-order valence-corrected chi connectivity index (χ4v) is 2.43. The van der Waals surface area contributed by atoms with Crippen molar-refractivity contribution in [2.24, 2.45) is 5.92 Å². The predicted molar refractivity (Wildman–Crippen MR) is 53.6 cm³/mol. The van der Waals surface area contributed by atoms with E-state index in [1.165, 1.54) is 17.7 Å².